The lowest BCUT2D eigenvalue weighted by Gasteiger charge is -2.42. The molecule has 0 aliphatic carbocycles. The van der Waals surface area contributed by atoms with Gasteiger partial charge in [-0.15, -0.1) is 0 Å². The highest BCUT2D eigenvalue weighted by Gasteiger charge is 2.34. The minimum Gasteiger partial charge on any atom is -0.390 e. The largest absolute Gasteiger partial charge is 0.390 e. The number of hydrogen-bond acceptors (Lipinski definition) is 6. The van der Waals surface area contributed by atoms with Crippen LogP contribution in [-0.4, -0.2) is 39.2 Å². The summed E-state index contributed by atoms with van der Waals surface area (Å²) in [6.45, 7) is 7.77. The zero-order valence-corrected chi connectivity index (χ0v) is 18.2. The van der Waals surface area contributed by atoms with E-state index in [-0.39, 0.29) is 18.1 Å². The van der Waals surface area contributed by atoms with Gasteiger partial charge in [-0.05, 0) is 54.1 Å². The second-order valence-corrected chi connectivity index (χ2v) is 8.63. The van der Waals surface area contributed by atoms with Crippen molar-refractivity contribution in [3.05, 3.63) is 33.3 Å². The Morgan fingerprint density at radius 1 is 1.37 bits per heavy atom. The van der Waals surface area contributed by atoms with Crippen molar-refractivity contribution < 1.29 is 5.11 Å². The van der Waals surface area contributed by atoms with Crippen molar-refractivity contribution in [1.82, 2.24) is 15.0 Å². The summed E-state index contributed by atoms with van der Waals surface area (Å²) in [7, 11) is 0. The number of aryl methyl sites for hydroxylation is 1. The Morgan fingerprint density at radius 3 is 2.63 bits per heavy atom. The number of halogens is 2. The second-order valence-electron chi connectivity index (χ2n) is 7.48. The molecule has 8 heteroatoms. The number of anilines is 1. The molecule has 0 aromatic carbocycles. The number of aromatic nitrogens is 3. The minimum atomic E-state index is -0.174. The first-order chi connectivity index (χ1) is 12.8. The second kappa shape index (κ2) is 7.99. The Balaban J connectivity index is 1.95. The van der Waals surface area contributed by atoms with Crippen LogP contribution in [0.1, 0.15) is 38.1 Å². The van der Waals surface area contributed by atoms with Crippen LogP contribution in [0.15, 0.2) is 16.7 Å². The van der Waals surface area contributed by atoms with Gasteiger partial charge in [-0.25, -0.2) is 15.0 Å². The first-order valence-corrected chi connectivity index (χ1v) is 10.2. The first-order valence-electron chi connectivity index (χ1n) is 9.06. The lowest BCUT2D eigenvalue weighted by molar-refractivity contribution is 0.204. The monoisotopic (exact) mass is 453 g/mol. The fourth-order valence-corrected chi connectivity index (χ4v) is 4.02. The van der Waals surface area contributed by atoms with Gasteiger partial charge in [-0.2, -0.15) is 0 Å². The van der Waals surface area contributed by atoms with Crippen molar-refractivity contribution in [2.45, 2.75) is 46.3 Å². The fourth-order valence-electron chi connectivity index (χ4n) is 3.44. The molecule has 3 rings (SSSR count). The molecule has 0 radical (unpaired) electrons. The molecule has 146 valence electrons. The van der Waals surface area contributed by atoms with Crippen molar-refractivity contribution >= 4 is 33.3 Å². The molecule has 0 spiro atoms. The molecule has 1 saturated heterocycles. The average molecular weight is 455 g/mol. The highest BCUT2D eigenvalue weighted by Crippen LogP contribution is 2.37. The number of aliphatic hydroxyl groups excluding tert-OH is 1. The summed E-state index contributed by atoms with van der Waals surface area (Å²) in [5.41, 5.74) is 9.16. The van der Waals surface area contributed by atoms with E-state index in [2.05, 4.69) is 39.7 Å². The van der Waals surface area contributed by atoms with Crippen LogP contribution in [0.5, 0.6) is 0 Å². The SMILES string of the molecule is Cc1nc(N2CCC(C)([C@H](C)N)CC2)c(CO)nc1-c1ccnc(Cl)c1Br. The van der Waals surface area contributed by atoms with Crippen molar-refractivity contribution in [3.8, 4) is 11.3 Å². The lowest BCUT2D eigenvalue weighted by atomic mass is 9.75. The third-order valence-corrected chi connectivity index (χ3v) is 6.99. The molecule has 0 bridgehead atoms. The number of aliphatic hydroxyl groups is 1. The summed E-state index contributed by atoms with van der Waals surface area (Å²) in [6.07, 6.45) is 3.61. The molecule has 27 heavy (non-hydrogen) atoms. The summed E-state index contributed by atoms with van der Waals surface area (Å²) in [4.78, 5) is 15.8. The van der Waals surface area contributed by atoms with E-state index in [1.807, 2.05) is 13.0 Å². The molecule has 3 heterocycles. The Morgan fingerprint density at radius 2 is 2.04 bits per heavy atom. The van der Waals surface area contributed by atoms with Crippen LogP contribution in [0.3, 0.4) is 0 Å². The summed E-state index contributed by atoms with van der Waals surface area (Å²) in [5.74, 6) is 0.752. The van der Waals surface area contributed by atoms with E-state index in [0.29, 0.717) is 21.0 Å². The predicted octanol–water partition coefficient (Wildman–Crippen LogP) is 3.71. The Bertz CT molecular complexity index is 837. The third-order valence-electron chi connectivity index (χ3n) is 5.68. The molecule has 2 aromatic rings. The summed E-state index contributed by atoms with van der Waals surface area (Å²) in [6, 6.07) is 1.99. The van der Waals surface area contributed by atoms with Crippen molar-refractivity contribution in [3.63, 3.8) is 0 Å². The zero-order valence-electron chi connectivity index (χ0n) is 15.8. The van der Waals surface area contributed by atoms with Gasteiger partial charge in [0.15, 0.2) is 5.82 Å². The van der Waals surface area contributed by atoms with Crippen LogP contribution in [0, 0.1) is 12.3 Å². The zero-order chi connectivity index (χ0) is 19.8. The van der Waals surface area contributed by atoms with E-state index < -0.39 is 0 Å². The maximum atomic E-state index is 9.93. The number of nitrogens with zero attached hydrogens (tertiary/aromatic N) is 4. The highest BCUT2D eigenvalue weighted by molar-refractivity contribution is 9.10. The average Bonchev–Trinajstić information content (AvgIpc) is 2.64. The molecule has 6 nitrogen and oxygen atoms in total. The number of hydrogen-bond donors (Lipinski definition) is 2. The smallest absolute Gasteiger partial charge is 0.153 e. The summed E-state index contributed by atoms with van der Waals surface area (Å²) >= 11 is 9.59. The van der Waals surface area contributed by atoms with Gasteiger partial charge < -0.3 is 15.7 Å². The Labute approximate surface area is 173 Å². The van der Waals surface area contributed by atoms with Gasteiger partial charge in [-0.1, -0.05) is 18.5 Å². The van der Waals surface area contributed by atoms with E-state index >= 15 is 0 Å². The van der Waals surface area contributed by atoms with E-state index in [1.165, 1.54) is 0 Å². The molecule has 1 aliphatic heterocycles. The van der Waals surface area contributed by atoms with E-state index in [4.69, 9.17) is 27.3 Å². The molecule has 0 amide bonds. The Kier molecular flexibility index (Phi) is 6.05. The van der Waals surface area contributed by atoms with Gasteiger partial charge in [-0.3, -0.25) is 0 Å². The standard InChI is InChI=1S/C19H25BrClN5O/c1-11-16(13-4-7-23-17(21)15(13)20)25-14(10-27)18(24-11)26-8-5-19(3,6-9-26)12(2)22/h4,7,12,27H,5-6,8-10,22H2,1-3H3/t12-/m0/s1. The molecular weight excluding hydrogens is 430 g/mol. The molecule has 1 aliphatic rings. The maximum absolute atomic E-state index is 9.93. The van der Waals surface area contributed by atoms with Crippen molar-refractivity contribution in [2.75, 3.05) is 18.0 Å². The van der Waals surface area contributed by atoms with Gasteiger partial charge in [0, 0.05) is 30.9 Å². The van der Waals surface area contributed by atoms with Gasteiger partial charge in [0.25, 0.3) is 0 Å². The fraction of sp³-hybridized carbons (Fsp3) is 0.526. The summed E-state index contributed by atoms with van der Waals surface area (Å²) in [5, 5.41) is 10.3. The van der Waals surface area contributed by atoms with E-state index in [1.54, 1.807) is 6.20 Å². The van der Waals surface area contributed by atoms with Crippen LogP contribution >= 0.6 is 27.5 Å². The predicted molar refractivity (Wildman–Crippen MR) is 112 cm³/mol. The van der Waals surface area contributed by atoms with Gasteiger partial charge >= 0.3 is 0 Å². The molecule has 0 saturated carbocycles. The quantitative estimate of drug-likeness (QED) is 0.685. The van der Waals surface area contributed by atoms with Crippen LogP contribution in [0.4, 0.5) is 5.82 Å². The highest BCUT2D eigenvalue weighted by atomic mass is 79.9. The molecule has 3 N–H and O–H groups in total. The van der Waals surface area contributed by atoms with Gasteiger partial charge in [0.05, 0.1) is 22.5 Å². The lowest BCUT2D eigenvalue weighted by Crippen LogP contribution is -2.47. The third kappa shape index (κ3) is 3.97. The molecule has 1 atom stereocenters. The van der Waals surface area contributed by atoms with Crippen LogP contribution < -0.4 is 10.6 Å². The Hall–Kier alpha value is -1.28. The molecule has 2 aromatic heterocycles. The van der Waals surface area contributed by atoms with Crippen LogP contribution in [0.25, 0.3) is 11.3 Å². The number of piperidine rings is 1. The molecular formula is C19H25BrClN5O. The topological polar surface area (TPSA) is 88.2 Å². The normalized spacial score (nSPS) is 17.8. The van der Waals surface area contributed by atoms with Crippen LogP contribution in [-0.2, 0) is 6.61 Å². The minimum absolute atomic E-state index is 0.136. The van der Waals surface area contributed by atoms with E-state index in [0.717, 1.165) is 43.0 Å². The number of rotatable bonds is 4. The number of nitrogens with two attached hydrogens (primary N) is 1. The van der Waals surface area contributed by atoms with Crippen molar-refractivity contribution in [1.29, 1.82) is 0 Å². The van der Waals surface area contributed by atoms with Gasteiger partial charge in [0.1, 0.15) is 10.8 Å². The van der Waals surface area contributed by atoms with Gasteiger partial charge in [0.2, 0.25) is 0 Å². The number of pyridine rings is 1. The maximum Gasteiger partial charge on any atom is 0.153 e. The molecule has 1 fully saturated rings. The summed E-state index contributed by atoms with van der Waals surface area (Å²) < 4.78 is 0.673. The first kappa shape index (κ1) is 20.5. The van der Waals surface area contributed by atoms with Crippen LogP contribution in [0.2, 0.25) is 5.15 Å². The van der Waals surface area contributed by atoms with E-state index in [9.17, 15) is 5.11 Å². The molecule has 0 unspecified atom stereocenters. The van der Waals surface area contributed by atoms with Crippen molar-refractivity contribution in [2.24, 2.45) is 11.1 Å².